The second kappa shape index (κ2) is 2.82. The van der Waals surface area contributed by atoms with Crippen molar-refractivity contribution in [2.75, 3.05) is 0 Å². The zero-order valence-electron chi connectivity index (χ0n) is 8.29. The van der Waals surface area contributed by atoms with Crippen molar-refractivity contribution in [3.05, 3.63) is 35.4 Å². The van der Waals surface area contributed by atoms with E-state index in [-0.39, 0.29) is 11.6 Å². The molecule has 0 spiro atoms. The van der Waals surface area contributed by atoms with Gasteiger partial charge in [0.05, 0.1) is 0 Å². The van der Waals surface area contributed by atoms with E-state index in [1.807, 2.05) is 6.07 Å². The van der Waals surface area contributed by atoms with Crippen LogP contribution in [-0.4, -0.2) is 0 Å². The Hall–Kier alpha value is -0.860. The first-order valence-corrected chi connectivity index (χ1v) is 4.59. The summed E-state index contributed by atoms with van der Waals surface area (Å²) < 4.78 is 0. The molecule has 2 rings (SSSR count). The molecule has 0 radical (unpaired) electrons. The van der Waals surface area contributed by atoms with E-state index >= 15 is 0 Å². The van der Waals surface area contributed by atoms with E-state index in [0.717, 1.165) is 0 Å². The summed E-state index contributed by atoms with van der Waals surface area (Å²) in [4.78, 5) is 5.08. The molecule has 2 nitrogen and oxygen atoms in total. The number of hydrogen-bond acceptors (Lipinski definition) is 2. The predicted molar refractivity (Wildman–Crippen MR) is 52.1 cm³/mol. The molecule has 1 saturated heterocycles. The molecule has 0 saturated carbocycles. The highest BCUT2D eigenvalue weighted by molar-refractivity contribution is 5.35. The Bertz CT molecular complexity index is 310. The van der Waals surface area contributed by atoms with Crippen LogP contribution in [0.1, 0.15) is 38.1 Å². The largest absolute Gasteiger partial charge is 0.273 e. The summed E-state index contributed by atoms with van der Waals surface area (Å²) in [6, 6.07) is 8.41. The van der Waals surface area contributed by atoms with Crippen molar-refractivity contribution >= 4 is 0 Å². The molecule has 1 aromatic carbocycles. The third-order valence-electron chi connectivity index (χ3n) is 2.29. The summed E-state index contributed by atoms with van der Waals surface area (Å²) in [6.45, 7) is 6.65. The summed E-state index contributed by atoms with van der Waals surface area (Å²) in [5.74, 6) is 0. The first-order chi connectivity index (χ1) is 6.09. The monoisotopic (exact) mass is 177 g/mol. The molecule has 1 heterocycles. The van der Waals surface area contributed by atoms with E-state index in [1.54, 1.807) is 0 Å². The highest BCUT2D eigenvalue weighted by atomic mass is 16.8. The van der Waals surface area contributed by atoms with Crippen molar-refractivity contribution in [2.24, 2.45) is 0 Å². The molecule has 70 valence electrons. The zero-order valence-corrected chi connectivity index (χ0v) is 8.29. The van der Waals surface area contributed by atoms with E-state index in [9.17, 15) is 0 Å². The third kappa shape index (κ3) is 1.74. The molecule has 0 aromatic heterocycles. The first kappa shape index (κ1) is 8.73. The van der Waals surface area contributed by atoms with Gasteiger partial charge in [0.2, 0.25) is 0 Å². The van der Waals surface area contributed by atoms with Crippen LogP contribution >= 0.6 is 0 Å². The van der Waals surface area contributed by atoms with Crippen LogP contribution in [0, 0.1) is 0 Å². The van der Waals surface area contributed by atoms with E-state index < -0.39 is 0 Å². The average molecular weight is 177 g/mol. The molecule has 1 aromatic rings. The van der Waals surface area contributed by atoms with Crippen molar-refractivity contribution in [3.63, 3.8) is 0 Å². The van der Waals surface area contributed by atoms with Gasteiger partial charge in [0.1, 0.15) is 0 Å². The van der Waals surface area contributed by atoms with Gasteiger partial charge in [0.25, 0.3) is 0 Å². The fourth-order valence-electron chi connectivity index (χ4n) is 1.57. The normalized spacial score (nSPS) is 21.6. The number of rotatable bonds is 1. The van der Waals surface area contributed by atoms with Crippen LogP contribution in [0.3, 0.4) is 0 Å². The van der Waals surface area contributed by atoms with Gasteiger partial charge < -0.3 is 0 Å². The number of hydrogen-bond donors (Lipinski definition) is 1. The maximum Gasteiger partial charge on any atom is 0.177 e. The second-order valence-electron chi connectivity index (χ2n) is 4.45. The minimum Gasteiger partial charge on any atom is -0.273 e. The number of benzene rings is 1. The van der Waals surface area contributed by atoms with E-state index in [1.165, 1.54) is 11.1 Å². The molecule has 0 aliphatic carbocycles. The maximum atomic E-state index is 5.08. The topological polar surface area (TPSA) is 34.5 Å². The fraction of sp³-hybridized carbons (Fsp3) is 0.455. The molecule has 1 N–H and O–H groups in total. The Morgan fingerprint density at radius 2 is 1.85 bits per heavy atom. The van der Waals surface area contributed by atoms with Crippen LogP contribution in [0.15, 0.2) is 24.3 Å². The van der Waals surface area contributed by atoms with Crippen molar-refractivity contribution in [1.29, 1.82) is 0 Å². The lowest BCUT2D eigenvalue weighted by Crippen LogP contribution is -2.14. The number of hydroxylamine groups is 1. The van der Waals surface area contributed by atoms with E-state index in [4.69, 9.17) is 4.84 Å². The van der Waals surface area contributed by atoms with Crippen LogP contribution in [0.4, 0.5) is 0 Å². The molecule has 1 aliphatic rings. The number of nitrogens with one attached hydrogen (secondary N) is 1. The standard InChI is InChI=1S/C11H15NO/c1-11(2,3)9-7-5-4-6-8(9)10-12-13-10/h4-7,10,12H,1-3H3. The molecule has 1 atom stereocenters. The Kier molecular flexibility index (Phi) is 1.90. The molecule has 13 heavy (non-hydrogen) atoms. The molecule has 1 unspecified atom stereocenters. The van der Waals surface area contributed by atoms with Crippen LogP contribution < -0.4 is 5.48 Å². The second-order valence-corrected chi connectivity index (χ2v) is 4.45. The van der Waals surface area contributed by atoms with Gasteiger partial charge in [-0.2, -0.15) is 5.48 Å². The van der Waals surface area contributed by atoms with Crippen LogP contribution in [-0.2, 0) is 10.3 Å². The molecule has 1 fully saturated rings. The van der Waals surface area contributed by atoms with Gasteiger partial charge in [-0.25, -0.2) is 0 Å². The minimum atomic E-state index is 0.121. The SMILES string of the molecule is CC(C)(C)c1ccccc1C1NO1. The first-order valence-electron chi connectivity index (χ1n) is 4.59. The smallest absolute Gasteiger partial charge is 0.177 e. The van der Waals surface area contributed by atoms with Gasteiger partial charge in [-0.1, -0.05) is 45.0 Å². The van der Waals surface area contributed by atoms with E-state index in [0.29, 0.717) is 0 Å². The van der Waals surface area contributed by atoms with Crippen molar-refractivity contribution in [2.45, 2.75) is 32.4 Å². The minimum absolute atomic E-state index is 0.121. The van der Waals surface area contributed by atoms with E-state index in [2.05, 4.69) is 44.5 Å². The maximum absolute atomic E-state index is 5.08. The highest BCUT2D eigenvalue weighted by Gasteiger charge is 2.30. The lowest BCUT2D eigenvalue weighted by Gasteiger charge is -2.21. The molecular weight excluding hydrogens is 162 g/mol. The predicted octanol–water partition coefficient (Wildman–Crippen LogP) is 2.52. The van der Waals surface area contributed by atoms with Crippen LogP contribution in [0.2, 0.25) is 0 Å². The Balaban J connectivity index is 2.43. The zero-order chi connectivity index (χ0) is 9.47. The van der Waals surface area contributed by atoms with Crippen molar-refractivity contribution in [1.82, 2.24) is 5.48 Å². The quantitative estimate of drug-likeness (QED) is 0.669. The molecular formula is C11H15NO. The summed E-state index contributed by atoms with van der Waals surface area (Å²) in [5.41, 5.74) is 5.66. The fourth-order valence-corrected chi connectivity index (χ4v) is 1.57. The Labute approximate surface area is 78.9 Å². The highest BCUT2D eigenvalue weighted by Crippen LogP contribution is 2.33. The molecule has 0 amide bonds. The lowest BCUT2D eigenvalue weighted by atomic mass is 9.83. The average Bonchev–Trinajstić information content (AvgIpc) is 2.85. The van der Waals surface area contributed by atoms with Gasteiger partial charge >= 0.3 is 0 Å². The van der Waals surface area contributed by atoms with Gasteiger partial charge in [-0.05, 0) is 11.0 Å². The summed E-state index contributed by atoms with van der Waals surface area (Å²) in [5, 5.41) is 0. The molecule has 0 bridgehead atoms. The van der Waals surface area contributed by atoms with Gasteiger partial charge in [0, 0.05) is 5.56 Å². The molecule has 2 heteroatoms. The van der Waals surface area contributed by atoms with Crippen LogP contribution in [0.5, 0.6) is 0 Å². The van der Waals surface area contributed by atoms with Crippen molar-refractivity contribution < 1.29 is 4.84 Å². The summed E-state index contributed by atoms with van der Waals surface area (Å²) in [7, 11) is 0. The Morgan fingerprint density at radius 1 is 1.23 bits per heavy atom. The van der Waals surface area contributed by atoms with Gasteiger partial charge in [-0.15, -0.1) is 0 Å². The summed E-state index contributed by atoms with van der Waals surface area (Å²) >= 11 is 0. The Morgan fingerprint density at radius 3 is 2.38 bits per heavy atom. The van der Waals surface area contributed by atoms with Gasteiger partial charge in [-0.3, -0.25) is 4.84 Å². The lowest BCUT2D eigenvalue weighted by molar-refractivity contribution is 0.372. The molecule has 1 aliphatic heterocycles. The van der Waals surface area contributed by atoms with Crippen molar-refractivity contribution in [3.8, 4) is 0 Å². The third-order valence-corrected chi connectivity index (χ3v) is 2.29. The summed E-state index contributed by atoms with van der Waals surface area (Å²) in [6.07, 6.45) is 0.121. The van der Waals surface area contributed by atoms with Crippen LogP contribution in [0.25, 0.3) is 0 Å². The van der Waals surface area contributed by atoms with Gasteiger partial charge in [0.15, 0.2) is 6.23 Å².